The predicted octanol–water partition coefficient (Wildman–Crippen LogP) is 4.28. The lowest BCUT2D eigenvalue weighted by molar-refractivity contribution is 0.0994. The van der Waals surface area contributed by atoms with Gasteiger partial charge >= 0.3 is 0 Å². The molecule has 2 nitrogen and oxygen atoms in total. The first-order valence-electron chi connectivity index (χ1n) is 7.07. The molecule has 1 aromatic heterocycles. The standard InChI is InChI=1S/C19H17NO/c1-13-6-7-15(10-14(13)2)11-19(21)17-5-3-4-16-8-9-20-12-18(16)17/h3-10,12H,11H2,1-2H3. The highest BCUT2D eigenvalue weighted by Gasteiger charge is 2.11. The molecule has 0 fully saturated rings. The molecule has 0 aliphatic heterocycles. The maximum absolute atomic E-state index is 12.6. The van der Waals surface area contributed by atoms with Gasteiger partial charge in [-0.05, 0) is 42.0 Å². The van der Waals surface area contributed by atoms with Crippen LogP contribution in [0.1, 0.15) is 27.0 Å². The Kier molecular flexibility index (Phi) is 3.53. The summed E-state index contributed by atoms with van der Waals surface area (Å²) >= 11 is 0. The molecule has 104 valence electrons. The highest BCUT2D eigenvalue weighted by atomic mass is 16.1. The summed E-state index contributed by atoms with van der Waals surface area (Å²) in [5.41, 5.74) is 4.28. The second kappa shape index (κ2) is 5.49. The Morgan fingerprint density at radius 2 is 1.90 bits per heavy atom. The summed E-state index contributed by atoms with van der Waals surface area (Å²) in [5.74, 6) is 0.136. The van der Waals surface area contributed by atoms with E-state index in [1.165, 1.54) is 11.1 Å². The van der Waals surface area contributed by atoms with Crippen molar-refractivity contribution in [1.29, 1.82) is 0 Å². The third-order valence-electron chi connectivity index (χ3n) is 3.92. The molecule has 21 heavy (non-hydrogen) atoms. The van der Waals surface area contributed by atoms with E-state index >= 15 is 0 Å². The lowest BCUT2D eigenvalue weighted by Crippen LogP contribution is -2.05. The lowest BCUT2D eigenvalue weighted by Gasteiger charge is -2.07. The van der Waals surface area contributed by atoms with E-state index in [4.69, 9.17) is 0 Å². The SMILES string of the molecule is Cc1ccc(CC(=O)c2cccc3ccncc23)cc1C. The number of carbonyl (C=O) groups is 1. The van der Waals surface area contributed by atoms with Gasteiger partial charge in [-0.3, -0.25) is 9.78 Å². The van der Waals surface area contributed by atoms with Crippen molar-refractivity contribution < 1.29 is 4.79 Å². The Labute approximate surface area is 124 Å². The fraction of sp³-hybridized carbons (Fsp3) is 0.158. The quantitative estimate of drug-likeness (QED) is 0.668. The Morgan fingerprint density at radius 1 is 1.05 bits per heavy atom. The molecule has 0 atom stereocenters. The van der Waals surface area contributed by atoms with Crippen molar-refractivity contribution in [2.75, 3.05) is 0 Å². The van der Waals surface area contributed by atoms with Gasteiger partial charge in [0.25, 0.3) is 0 Å². The maximum atomic E-state index is 12.6. The summed E-state index contributed by atoms with van der Waals surface area (Å²) in [6.07, 6.45) is 3.94. The summed E-state index contributed by atoms with van der Waals surface area (Å²) in [6.45, 7) is 4.16. The number of aromatic nitrogens is 1. The number of rotatable bonds is 3. The molecule has 0 aliphatic carbocycles. The van der Waals surface area contributed by atoms with Crippen LogP contribution >= 0.6 is 0 Å². The van der Waals surface area contributed by atoms with Gasteiger partial charge in [0.05, 0.1) is 0 Å². The monoisotopic (exact) mass is 275 g/mol. The minimum absolute atomic E-state index is 0.136. The van der Waals surface area contributed by atoms with E-state index < -0.39 is 0 Å². The van der Waals surface area contributed by atoms with E-state index in [0.29, 0.717) is 6.42 Å². The van der Waals surface area contributed by atoms with Crippen molar-refractivity contribution in [1.82, 2.24) is 4.98 Å². The lowest BCUT2D eigenvalue weighted by atomic mass is 9.97. The van der Waals surface area contributed by atoms with Gasteiger partial charge in [-0.25, -0.2) is 0 Å². The van der Waals surface area contributed by atoms with Crippen LogP contribution in [0.2, 0.25) is 0 Å². The number of pyridine rings is 1. The number of hydrogen-bond acceptors (Lipinski definition) is 2. The van der Waals surface area contributed by atoms with Crippen LogP contribution in [0.15, 0.2) is 54.9 Å². The number of Topliss-reactive ketones (excluding diaryl/α,β-unsaturated/α-hetero) is 1. The number of aryl methyl sites for hydroxylation is 2. The normalized spacial score (nSPS) is 10.8. The third kappa shape index (κ3) is 2.70. The molecular weight excluding hydrogens is 258 g/mol. The summed E-state index contributed by atoms with van der Waals surface area (Å²) < 4.78 is 0. The number of hydrogen-bond donors (Lipinski definition) is 0. The Bertz CT molecular complexity index is 815. The van der Waals surface area contributed by atoms with Crippen LogP contribution in [-0.2, 0) is 6.42 Å². The van der Waals surface area contributed by atoms with Gasteiger partial charge in [-0.1, -0.05) is 36.4 Å². The first-order chi connectivity index (χ1) is 10.1. The number of benzene rings is 2. The van der Waals surface area contributed by atoms with Crippen molar-refractivity contribution >= 4 is 16.6 Å². The van der Waals surface area contributed by atoms with Crippen molar-refractivity contribution in [2.45, 2.75) is 20.3 Å². The Morgan fingerprint density at radius 3 is 2.71 bits per heavy atom. The van der Waals surface area contributed by atoms with Crippen molar-refractivity contribution in [3.8, 4) is 0 Å². The molecule has 2 heteroatoms. The molecule has 3 rings (SSSR count). The first-order valence-corrected chi connectivity index (χ1v) is 7.07. The van der Waals surface area contributed by atoms with Crippen LogP contribution in [0.5, 0.6) is 0 Å². The summed E-state index contributed by atoms with van der Waals surface area (Å²) in [6, 6.07) is 13.9. The van der Waals surface area contributed by atoms with Crippen LogP contribution in [0.25, 0.3) is 10.8 Å². The fourth-order valence-electron chi connectivity index (χ4n) is 2.55. The van der Waals surface area contributed by atoms with Gasteiger partial charge in [-0.2, -0.15) is 0 Å². The molecule has 0 spiro atoms. The van der Waals surface area contributed by atoms with Crippen molar-refractivity contribution in [2.24, 2.45) is 0 Å². The molecule has 0 N–H and O–H groups in total. The molecule has 0 bridgehead atoms. The summed E-state index contributed by atoms with van der Waals surface area (Å²) in [4.78, 5) is 16.7. The van der Waals surface area contributed by atoms with Crippen molar-refractivity contribution in [3.05, 3.63) is 77.1 Å². The molecule has 0 saturated carbocycles. The molecule has 0 aliphatic rings. The largest absolute Gasteiger partial charge is 0.294 e. The van der Waals surface area contributed by atoms with Crippen LogP contribution in [-0.4, -0.2) is 10.8 Å². The third-order valence-corrected chi connectivity index (χ3v) is 3.92. The van der Waals surface area contributed by atoms with Crippen molar-refractivity contribution in [3.63, 3.8) is 0 Å². The maximum Gasteiger partial charge on any atom is 0.167 e. The van der Waals surface area contributed by atoms with E-state index in [0.717, 1.165) is 21.9 Å². The minimum atomic E-state index is 0.136. The Hall–Kier alpha value is -2.48. The second-order valence-corrected chi connectivity index (χ2v) is 5.42. The van der Waals surface area contributed by atoms with Crippen LogP contribution in [0, 0.1) is 13.8 Å². The van der Waals surface area contributed by atoms with Gasteiger partial charge in [0.15, 0.2) is 5.78 Å². The van der Waals surface area contributed by atoms with Gasteiger partial charge in [0, 0.05) is 29.8 Å². The average Bonchev–Trinajstić information content (AvgIpc) is 2.50. The molecule has 3 aromatic rings. The van der Waals surface area contributed by atoms with Crippen LogP contribution < -0.4 is 0 Å². The Balaban J connectivity index is 1.95. The highest BCUT2D eigenvalue weighted by Crippen LogP contribution is 2.20. The summed E-state index contributed by atoms with van der Waals surface area (Å²) in [5, 5.41) is 1.98. The number of ketones is 1. The average molecular weight is 275 g/mol. The molecule has 2 aromatic carbocycles. The minimum Gasteiger partial charge on any atom is -0.294 e. The molecule has 0 saturated heterocycles. The first kappa shape index (κ1) is 13.5. The zero-order valence-corrected chi connectivity index (χ0v) is 12.3. The van der Waals surface area contributed by atoms with E-state index in [2.05, 4.69) is 31.0 Å². The van der Waals surface area contributed by atoms with Gasteiger partial charge < -0.3 is 0 Å². The van der Waals surface area contributed by atoms with Crippen LogP contribution in [0.3, 0.4) is 0 Å². The smallest absolute Gasteiger partial charge is 0.167 e. The zero-order valence-electron chi connectivity index (χ0n) is 12.3. The van der Waals surface area contributed by atoms with Gasteiger partial charge in [0.1, 0.15) is 0 Å². The highest BCUT2D eigenvalue weighted by molar-refractivity contribution is 6.08. The molecule has 0 unspecified atom stereocenters. The number of carbonyl (C=O) groups excluding carboxylic acids is 1. The molecule has 0 radical (unpaired) electrons. The predicted molar refractivity (Wildman–Crippen MR) is 85.7 cm³/mol. The van der Waals surface area contributed by atoms with Gasteiger partial charge in [0.2, 0.25) is 0 Å². The number of fused-ring (bicyclic) bond motifs is 1. The van der Waals surface area contributed by atoms with E-state index in [9.17, 15) is 4.79 Å². The number of nitrogens with zero attached hydrogens (tertiary/aromatic N) is 1. The van der Waals surface area contributed by atoms with Gasteiger partial charge in [-0.15, -0.1) is 0 Å². The molecule has 1 heterocycles. The second-order valence-electron chi connectivity index (χ2n) is 5.42. The fourth-order valence-corrected chi connectivity index (χ4v) is 2.55. The topological polar surface area (TPSA) is 30.0 Å². The molecular formula is C19H17NO. The van der Waals surface area contributed by atoms with E-state index in [-0.39, 0.29) is 5.78 Å². The molecule has 0 amide bonds. The van der Waals surface area contributed by atoms with E-state index in [1.54, 1.807) is 12.4 Å². The zero-order chi connectivity index (χ0) is 14.8. The van der Waals surface area contributed by atoms with Crippen LogP contribution in [0.4, 0.5) is 0 Å². The summed E-state index contributed by atoms with van der Waals surface area (Å²) in [7, 11) is 0. The van der Waals surface area contributed by atoms with E-state index in [1.807, 2.05) is 30.3 Å².